The smallest absolute Gasteiger partial charge is 0.157 e. The Morgan fingerprint density at radius 1 is 1.12 bits per heavy atom. The first-order chi connectivity index (χ1) is 6.85. The highest BCUT2D eigenvalue weighted by Crippen LogP contribution is 2.16. The first kappa shape index (κ1) is 15.9. The summed E-state index contributed by atoms with van der Waals surface area (Å²) >= 11 is 0. The number of hydrogen-bond acceptors (Lipinski definition) is 4. The summed E-state index contributed by atoms with van der Waals surface area (Å²) in [4.78, 5) is 0. The summed E-state index contributed by atoms with van der Waals surface area (Å²) in [6.45, 7) is 11.1. The van der Waals surface area contributed by atoms with Crippen LogP contribution < -0.4 is 5.32 Å². The molecule has 98 valence electrons. The molecule has 0 aromatic rings. The average molecular weight is 251 g/mol. The maximum absolute atomic E-state index is 11.8. The van der Waals surface area contributed by atoms with Crippen LogP contribution in [-0.2, 0) is 9.84 Å². The number of aliphatic hydroxyl groups is 1. The van der Waals surface area contributed by atoms with Crippen molar-refractivity contribution in [3.63, 3.8) is 0 Å². The van der Waals surface area contributed by atoms with E-state index in [1.807, 2.05) is 20.8 Å². The fraction of sp³-hybridized carbons (Fsp3) is 1.00. The van der Waals surface area contributed by atoms with Gasteiger partial charge in [0.2, 0.25) is 0 Å². The van der Waals surface area contributed by atoms with Crippen LogP contribution in [0.1, 0.15) is 41.5 Å². The number of β-amino-alcohol motifs (C(OH)–C–C–N with tert-alkyl or cyclic N) is 1. The minimum absolute atomic E-state index is 0.119. The minimum atomic E-state index is -3.25. The Bertz CT molecular complexity index is 309. The largest absolute Gasteiger partial charge is 0.391 e. The van der Waals surface area contributed by atoms with Crippen molar-refractivity contribution in [3.05, 3.63) is 0 Å². The average Bonchev–Trinajstić information content (AvgIpc) is 1.96. The lowest BCUT2D eigenvalue weighted by Crippen LogP contribution is -2.44. The van der Waals surface area contributed by atoms with E-state index >= 15 is 0 Å². The molecule has 1 atom stereocenters. The fourth-order valence-corrected chi connectivity index (χ4v) is 2.11. The van der Waals surface area contributed by atoms with Gasteiger partial charge in [-0.2, -0.15) is 0 Å². The molecule has 0 saturated heterocycles. The lowest BCUT2D eigenvalue weighted by Gasteiger charge is -2.25. The summed E-state index contributed by atoms with van der Waals surface area (Å²) < 4.78 is 22.8. The lowest BCUT2D eigenvalue weighted by molar-refractivity contribution is 0.181. The van der Waals surface area contributed by atoms with Gasteiger partial charge in [0, 0.05) is 12.1 Å². The number of rotatable bonds is 4. The molecule has 0 aromatic carbocycles. The predicted octanol–water partition coefficient (Wildman–Crippen LogP) is 0.949. The molecule has 0 radical (unpaired) electrons. The van der Waals surface area contributed by atoms with Crippen molar-refractivity contribution in [1.82, 2.24) is 5.32 Å². The standard InChI is InChI=1S/C11H25NO3S/c1-10(2,3)12-7-9(13)8-16(14,15)11(4,5)6/h9,12-13H,7-8H2,1-6H3. The van der Waals surface area contributed by atoms with Crippen molar-refractivity contribution in [2.75, 3.05) is 12.3 Å². The molecule has 0 aromatic heterocycles. The molecule has 2 N–H and O–H groups in total. The molecular formula is C11H25NO3S. The van der Waals surface area contributed by atoms with Gasteiger partial charge < -0.3 is 10.4 Å². The Morgan fingerprint density at radius 2 is 1.56 bits per heavy atom. The van der Waals surface area contributed by atoms with Gasteiger partial charge in [0.05, 0.1) is 16.6 Å². The van der Waals surface area contributed by atoms with E-state index in [1.54, 1.807) is 20.8 Å². The van der Waals surface area contributed by atoms with Crippen molar-refractivity contribution < 1.29 is 13.5 Å². The number of sulfone groups is 1. The van der Waals surface area contributed by atoms with Gasteiger partial charge in [0.15, 0.2) is 9.84 Å². The molecule has 0 amide bonds. The van der Waals surface area contributed by atoms with Gasteiger partial charge in [-0.05, 0) is 41.5 Å². The Labute approximate surface area is 99.4 Å². The maximum atomic E-state index is 11.8. The van der Waals surface area contributed by atoms with Crippen LogP contribution in [0.2, 0.25) is 0 Å². The number of aliphatic hydroxyl groups excluding tert-OH is 1. The summed E-state index contributed by atoms with van der Waals surface area (Å²) in [6.07, 6.45) is -0.858. The van der Waals surface area contributed by atoms with Crippen molar-refractivity contribution >= 4 is 9.84 Å². The van der Waals surface area contributed by atoms with Crippen LogP contribution in [0.5, 0.6) is 0 Å². The number of hydrogen-bond donors (Lipinski definition) is 2. The third-order valence-corrected chi connectivity index (χ3v) is 4.90. The van der Waals surface area contributed by atoms with Crippen LogP contribution in [-0.4, -0.2) is 42.2 Å². The van der Waals surface area contributed by atoms with E-state index in [4.69, 9.17) is 0 Å². The SMILES string of the molecule is CC(C)(C)NCC(O)CS(=O)(=O)C(C)(C)C. The third-order valence-electron chi connectivity index (χ3n) is 2.21. The highest BCUT2D eigenvalue weighted by atomic mass is 32.2. The highest BCUT2D eigenvalue weighted by molar-refractivity contribution is 7.92. The molecular weight excluding hydrogens is 226 g/mol. The molecule has 5 heteroatoms. The summed E-state index contributed by atoms with van der Waals surface area (Å²) in [5, 5.41) is 12.8. The minimum Gasteiger partial charge on any atom is -0.391 e. The summed E-state index contributed by atoms with van der Waals surface area (Å²) in [6, 6.07) is 0. The van der Waals surface area contributed by atoms with Crippen LogP contribution in [0.25, 0.3) is 0 Å². The predicted molar refractivity (Wildman–Crippen MR) is 67.3 cm³/mol. The topological polar surface area (TPSA) is 66.4 Å². The summed E-state index contributed by atoms with van der Waals surface area (Å²) in [5.41, 5.74) is -0.119. The van der Waals surface area contributed by atoms with Crippen molar-refractivity contribution in [1.29, 1.82) is 0 Å². The van der Waals surface area contributed by atoms with E-state index in [0.29, 0.717) is 6.54 Å². The van der Waals surface area contributed by atoms with E-state index in [9.17, 15) is 13.5 Å². The molecule has 0 aliphatic heterocycles. The molecule has 0 bridgehead atoms. The highest BCUT2D eigenvalue weighted by Gasteiger charge is 2.31. The molecule has 16 heavy (non-hydrogen) atoms. The summed E-state index contributed by atoms with van der Waals surface area (Å²) in [5.74, 6) is -0.195. The van der Waals surface area contributed by atoms with E-state index < -0.39 is 20.7 Å². The molecule has 0 rings (SSSR count). The molecule has 0 fully saturated rings. The Morgan fingerprint density at radius 3 is 1.88 bits per heavy atom. The zero-order valence-corrected chi connectivity index (χ0v) is 12.0. The van der Waals surface area contributed by atoms with Crippen LogP contribution in [0, 0.1) is 0 Å². The van der Waals surface area contributed by atoms with Gasteiger partial charge in [0.25, 0.3) is 0 Å². The van der Waals surface area contributed by atoms with Crippen molar-refractivity contribution in [3.8, 4) is 0 Å². The fourth-order valence-electron chi connectivity index (χ4n) is 0.986. The van der Waals surface area contributed by atoms with Crippen LogP contribution in [0.15, 0.2) is 0 Å². The van der Waals surface area contributed by atoms with E-state index in [1.165, 1.54) is 0 Å². The van der Waals surface area contributed by atoms with E-state index in [2.05, 4.69) is 5.32 Å². The molecule has 0 spiro atoms. The van der Waals surface area contributed by atoms with E-state index in [0.717, 1.165) is 0 Å². The molecule has 0 heterocycles. The second-order valence-electron chi connectivity index (χ2n) is 6.18. The Hall–Kier alpha value is -0.130. The monoisotopic (exact) mass is 251 g/mol. The van der Waals surface area contributed by atoms with Gasteiger partial charge in [-0.25, -0.2) is 8.42 Å². The quantitative estimate of drug-likeness (QED) is 0.780. The number of nitrogens with one attached hydrogen (secondary N) is 1. The van der Waals surface area contributed by atoms with Crippen LogP contribution >= 0.6 is 0 Å². The Kier molecular flexibility index (Phi) is 4.98. The van der Waals surface area contributed by atoms with Gasteiger partial charge in [0.1, 0.15) is 0 Å². The molecule has 1 unspecified atom stereocenters. The first-order valence-electron chi connectivity index (χ1n) is 5.50. The lowest BCUT2D eigenvalue weighted by atomic mass is 10.1. The van der Waals surface area contributed by atoms with Crippen molar-refractivity contribution in [2.24, 2.45) is 0 Å². The van der Waals surface area contributed by atoms with Gasteiger partial charge in [-0.1, -0.05) is 0 Å². The maximum Gasteiger partial charge on any atom is 0.157 e. The molecule has 4 nitrogen and oxygen atoms in total. The Balaban J connectivity index is 4.32. The van der Waals surface area contributed by atoms with Crippen LogP contribution in [0.4, 0.5) is 0 Å². The zero-order chi connectivity index (χ0) is 13.2. The third kappa shape index (κ3) is 5.82. The molecule has 0 aliphatic carbocycles. The van der Waals surface area contributed by atoms with E-state index in [-0.39, 0.29) is 11.3 Å². The zero-order valence-electron chi connectivity index (χ0n) is 11.2. The van der Waals surface area contributed by atoms with Crippen LogP contribution in [0.3, 0.4) is 0 Å². The first-order valence-corrected chi connectivity index (χ1v) is 7.16. The summed E-state index contributed by atoms with van der Waals surface area (Å²) in [7, 11) is -3.25. The van der Waals surface area contributed by atoms with Gasteiger partial charge in [-0.15, -0.1) is 0 Å². The second kappa shape index (κ2) is 5.02. The van der Waals surface area contributed by atoms with Gasteiger partial charge >= 0.3 is 0 Å². The normalized spacial score (nSPS) is 16.2. The van der Waals surface area contributed by atoms with Gasteiger partial charge in [-0.3, -0.25) is 0 Å². The molecule has 0 saturated carbocycles. The van der Waals surface area contributed by atoms with Crippen molar-refractivity contribution in [2.45, 2.75) is 57.9 Å². The molecule has 0 aliphatic rings. The second-order valence-corrected chi connectivity index (χ2v) is 8.97.